The van der Waals surface area contributed by atoms with Gasteiger partial charge in [0.1, 0.15) is 11.6 Å². The van der Waals surface area contributed by atoms with Crippen molar-refractivity contribution in [2.24, 2.45) is 5.92 Å². The van der Waals surface area contributed by atoms with Gasteiger partial charge in [-0.1, -0.05) is 17.7 Å². The van der Waals surface area contributed by atoms with E-state index in [1.54, 1.807) is 28.9 Å². The van der Waals surface area contributed by atoms with Gasteiger partial charge in [0.2, 0.25) is 11.8 Å². The van der Waals surface area contributed by atoms with Gasteiger partial charge in [-0.05, 0) is 69.0 Å². The summed E-state index contributed by atoms with van der Waals surface area (Å²) in [4.78, 5) is 15.1. The highest BCUT2D eigenvalue weighted by Gasteiger charge is 2.36. The first-order valence-electron chi connectivity index (χ1n) is 11.7. The summed E-state index contributed by atoms with van der Waals surface area (Å²) in [7, 11) is 0. The highest BCUT2D eigenvalue weighted by molar-refractivity contribution is 6.30. The number of amides is 1. The normalized spacial score (nSPS) is 17.7. The molecule has 2 aromatic carbocycles. The quantitative estimate of drug-likeness (QED) is 0.413. The maximum absolute atomic E-state index is 13.9. The Balaban J connectivity index is 1.52. The van der Waals surface area contributed by atoms with Crippen LogP contribution in [0.15, 0.2) is 48.5 Å². The molecular formula is C26H27ClFN3O3. The molecule has 3 aromatic rings. The van der Waals surface area contributed by atoms with E-state index in [2.05, 4.69) is 0 Å². The van der Waals surface area contributed by atoms with Crippen LogP contribution in [0.3, 0.4) is 0 Å². The predicted molar refractivity (Wildman–Crippen MR) is 127 cm³/mol. The molecule has 0 N–H and O–H groups in total. The third-order valence-electron chi connectivity index (χ3n) is 6.25. The summed E-state index contributed by atoms with van der Waals surface area (Å²) in [6, 6.07) is 13.2. The zero-order chi connectivity index (χ0) is 23.7. The third kappa shape index (κ3) is 5.10. The minimum atomic E-state index is -0.391. The van der Waals surface area contributed by atoms with Crippen LogP contribution in [0.4, 0.5) is 4.39 Å². The van der Waals surface area contributed by atoms with Crippen LogP contribution >= 0.6 is 11.6 Å². The molecule has 1 aliphatic carbocycles. The molecule has 34 heavy (non-hydrogen) atoms. The van der Waals surface area contributed by atoms with Gasteiger partial charge < -0.3 is 14.4 Å². The standard InChI is InChI=1S/C26H27ClFN3O3/c1-17-24(16-30(25(32)18-7-8-18)15-23-6-3-13-33-23)26(34-22-5-2-4-20(28)14-22)31(29-17)21-11-9-19(27)10-12-21/h2,4-5,9-12,14,18,23H,3,6-8,13,15-16H2,1H3/t23-/m0/s1. The lowest BCUT2D eigenvalue weighted by atomic mass is 10.1. The molecule has 2 heterocycles. The van der Waals surface area contributed by atoms with Gasteiger partial charge in [0.25, 0.3) is 0 Å². The van der Waals surface area contributed by atoms with Crippen LogP contribution in [-0.2, 0) is 16.1 Å². The van der Waals surface area contributed by atoms with Crippen molar-refractivity contribution in [1.82, 2.24) is 14.7 Å². The molecule has 1 amide bonds. The van der Waals surface area contributed by atoms with Crippen molar-refractivity contribution in [2.45, 2.75) is 45.3 Å². The van der Waals surface area contributed by atoms with E-state index in [9.17, 15) is 9.18 Å². The molecular weight excluding hydrogens is 457 g/mol. The summed E-state index contributed by atoms with van der Waals surface area (Å²) in [6.45, 7) is 3.52. The fourth-order valence-electron chi connectivity index (χ4n) is 4.27. The van der Waals surface area contributed by atoms with Crippen molar-refractivity contribution >= 4 is 17.5 Å². The monoisotopic (exact) mass is 483 g/mol. The van der Waals surface area contributed by atoms with E-state index in [1.165, 1.54) is 12.1 Å². The molecule has 8 heteroatoms. The smallest absolute Gasteiger partial charge is 0.227 e. The number of halogens is 2. The first-order valence-corrected chi connectivity index (χ1v) is 12.0. The number of nitrogens with zero attached hydrogens (tertiary/aromatic N) is 3. The van der Waals surface area contributed by atoms with Crippen LogP contribution in [0.2, 0.25) is 5.02 Å². The van der Waals surface area contributed by atoms with E-state index in [4.69, 9.17) is 26.2 Å². The number of hydrogen-bond donors (Lipinski definition) is 0. The van der Waals surface area contributed by atoms with Crippen LogP contribution in [-0.4, -0.2) is 39.8 Å². The lowest BCUT2D eigenvalue weighted by Gasteiger charge is -2.26. The minimum Gasteiger partial charge on any atom is -0.438 e. The van der Waals surface area contributed by atoms with E-state index < -0.39 is 5.82 Å². The lowest BCUT2D eigenvalue weighted by molar-refractivity contribution is -0.134. The molecule has 0 spiro atoms. The fourth-order valence-corrected chi connectivity index (χ4v) is 4.40. The molecule has 5 rings (SSSR count). The van der Waals surface area contributed by atoms with E-state index in [-0.39, 0.29) is 17.9 Å². The molecule has 1 saturated heterocycles. The summed E-state index contributed by atoms with van der Waals surface area (Å²) in [5, 5.41) is 5.33. The minimum absolute atomic E-state index is 0.0434. The maximum Gasteiger partial charge on any atom is 0.227 e. The zero-order valence-electron chi connectivity index (χ0n) is 19.0. The number of aromatic nitrogens is 2. The average Bonchev–Trinajstić information content (AvgIpc) is 3.47. The molecule has 1 aliphatic heterocycles. The van der Waals surface area contributed by atoms with Gasteiger partial charge in [0.15, 0.2) is 0 Å². The van der Waals surface area contributed by atoms with E-state index in [0.29, 0.717) is 29.7 Å². The van der Waals surface area contributed by atoms with Crippen LogP contribution < -0.4 is 4.74 Å². The molecule has 2 fully saturated rings. The Morgan fingerprint density at radius 1 is 1.24 bits per heavy atom. The Hall–Kier alpha value is -2.90. The second-order valence-electron chi connectivity index (χ2n) is 8.94. The first-order chi connectivity index (χ1) is 16.5. The molecule has 178 valence electrons. The molecule has 1 aromatic heterocycles. The molecule has 6 nitrogen and oxygen atoms in total. The Morgan fingerprint density at radius 2 is 2.03 bits per heavy atom. The van der Waals surface area contributed by atoms with Crippen molar-refractivity contribution in [2.75, 3.05) is 13.2 Å². The van der Waals surface area contributed by atoms with Gasteiger partial charge in [0, 0.05) is 30.2 Å². The van der Waals surface area contributed by atoms with Crippen molar-refractivity contribution in [3.8, 4) is 17.3 Å². The van der Waals surface area contributed by atoms with Gasteiger partial charge >= 0.3 is 0 Å². The van der Waals surface area contributed by atoms with Crippen LogP contribution in [0.5, 0.6) is 11.6 Å². The van der Waals surface area contributed by atoms with E-state index >= 15 is 0 Å². The van der Waals surface area contributed by atoms with Gasteiger partial charge in [-0.15, -0.1) is 0 Å². The van der Waals surface area contributed by atoms with E-state index in [1.807, 2.05) is 24.0 Å². The number of hydrogen-bond acceptors (Lipinski definition) is 4. The Bertz CT molecular complexity index is 1170. The molecule has 1 atom stereocenters. The first kappa shape index (κ1) is 22.9. The molecule has 0 radical (unpaired) electrons. The third-order valence-corrected chi connectivity index (χ3v) is 6.51. The second kappa shape index (κ2) is 9.76. The number of carbonyl (C=O) groups excluding carboxylic acids is 1. The number of carbonyl (C=O) groups is 1. The summed E-state index contributed by atoms with van der Waals surface area (Å²) in [5.74, 6) is 0.644. The second-order valence-corrected chi connectivity index (χ2v) is 9.38. The fraction of sp³-hybridized carbons (Fsp3) is 0.385. The largest absolute Gasteiger partial charge is 0.438 e. The Kier molecular flexibility index (Phi) is 6.57. The maximum atomic E-state index is 13.9. The van der Waals surface area contributed by atoms with Crippen molar-refractivity contribution in [3.05, 3.63) is 70.6 Å². The molecule has 0 unspecified atom stereocenters. The van der Waals surface area contributed by atoms with Crippen LogP contribution in [0, 0.1) is 18.7 Å². The number of benzene rings is 2. The Labute approximate surface area is 203 Å². The van der Waals surface area contributed by atoms with Crippen molar-refractivity contribution < 1.29 is 18.7 Å². The van der Waals surface area contributed by atoms with Gasteiger partial charge in [-0.25, -0.2) is 9.07 Å². The predicted octanol–water partition coefficient (Wildman–Crippen LogP) is 5.68. The number of ether oxygens (including phenoxy) is 2. The number of aryl methyl sites for hydroxylation is 1. The van der Waals surface area contributed by atoms with Gasteiger partial charge in [-0.2, -0.15) is 5.10 Å². The highest BCUT2D eigenvalue weighted by atomic mass is 35.5. The summed E-state index contributed by atoms with van der Waals surface area (Å²) >= 11 is 6.08. The summed E-state index contributed by atoms with van der Waals surface area (Å²) in [5.41, 5.74) is 2.28. The van der Waals surface area contributed by atoms with Crippen LogP contribution in [0.25, 0.3) is 5.69 Å². The Morgan fingerprint density at radius 3 is 2.71 bits per heavy atom. The summed E-state index contributed by atoms with van der Waals surface area (Å²) in [6.07, 6.45) is 3.86. The molecule has 2 aliphatic rings. The lowest BCUT2D eigenvalue weighted by Crippen LogP contribution is -2.38. The van der Waals surface area contributed by atoms with E-state index in [0.717, 1.165) is 49.2 Å². The van der Waals surface area contributed by atoms with Gasteiger partial charge in [0.05, 0.1) is 29.6 Å². The van der Waals surface area contributed by atoms with Crippen molar-refractivity contribution in [1.29, 1.82) is 0 Å². The zero-order valence-corrected chi connectivity index (χ0v) is 19.8. The number of rotatable bonds is 8. The van der Waals surface area contributed by atoms with Crippen molar-refractivity contribution in [3.63, 3.8) is 0 Å². The highest BCUT2D eigenvalue weighted by Crippen LogP contribution is 2.35. The topological polar surface area (TPSA) is 56.6 Å². The molecule has 0 bridgehead atoms. The summed E-state index contributed by atoms with van der Waals surface area (Å²) < 4.78 is 27.6. The van der Waals surface area contributed by atoms with Gasteiger partial charge in [-0.3, -0.25) is 4.79 Å². The molecule has 1 saturated carbocycles. The average molecular weight is 484 g/mol. The SMILES string of the molecule is Cc1nn(-c2ccc(Cl)cc2)c(Oc2cccc(F)c2)c1CN(C[C@@H]1CCCO1)C(=O)C1CC1. The van der Waals surface area contributed by atoms with Crippen LogP contribution in [0.1, 0.15) is 36.9 Å².